The number of aryl methyl sites for hydroxylation is 2. The molecular weight excluding hydrogens is 511 g/mol. The topological polar surface area (TPSA) is 107 Å². The first-order chi connectivity index (χ1) is 17.3. The fourth-order valence-corrected chi connectivity index (χ4v) is 5.42. The molecule has 1 aliphatic rings. The number of halogens is 3. The number of aliphatic carboxylic acids is 1. The predicted octanol–water partition coefficient (Wildman–Crippen LogP) is 2.99. The van der Waals surface area contributed by atoms with Crippen molar-refractivity contribution in [1.82, 2.24) is 14.5 Å². The number of hydrogen-bond donors (Lipinski definition) is 2. The third-order valence-corrected chi connectivity index (χ3v) is 7.79. The van der Waals surface area contributed by atoms with Crippen molar-refractivity contribution in [2.75, 3.05) is 39.3 Å². The number of carbonyl (C=O) groups is 2. The molecule has 37 heavy (non-hydrogen) atoms. The summed E-state index contributed by atoms with van der Waals surface area (Å²) in [5.74, 6) is -2.75. The number of piperazine rings is 1. The highest BCUT2D eigenvalue weighted by Gasteiger charge is 2.38. The van der Waals surface area contributed by atoms with Crippen LogP contribution in [0.25, 0.3) is 0 Å². The first-order valence-corrected chi connectivity index (χ1v) is 13.2. The van der Waals surface area contributed by atoms with Gasteiger partial charge in [0.15, 0.2) is 0 Å². The number of amides is 1. The molecular formula is C25H32F3N3O5S. The SMILES string of the molecule is Cc1ccc(S(=O)(=O)N(CCC(=O)N2CCNCC2)CCc2ccccc2)c(C)c1.O=C(O)C(F)(F)F. The number of hydrogen-bond acceptors (Lipinski definition) is 5. The Morgan fingerprint density at radius 1 is 1.03 bits per heavy atom. The number of carboxylic acids is 1. The Hall–Kier alpha value is -2.96. The first kappa shape index (κ1) is 30.3. The van der Waals surface area contributed by atoms with Gasteiger partial charge >= 0.3 is 12.1 Å². The number of benzene rings is 2. The number of rotatable bonds is 8. The molecule has 1 aliphatic heterocycles. The van der Waals surface area contributed by atoms with E-state index in [1.807, 2.05) is 61.2 Å². The lowest BCUT2D eigenvalue weighted by atomic mass is 10.1. The lowest BCUT2D eigenvalue weighted by molar-refractivity contribution is -0.192. The lowest BCUT2D eigenvalue weighted by Crippen LogP contribution is -2.47. The fourth-order valence-electron chi connectivity index (χ4n) is 3.77. The summed E-state index contributed by atoms with van der Waals surface area (Å²) >= 11 is 0. The van der Waals surface area contributed by atoms with Crippen LogP contribution in [0.1, 0.15) is 23.1 Å². The molecule has 2 aromatic carbocycles. The smallest absolute Gasteiger partial charge is 0.475 e. The summed E-state index contributed by atoms with van der Waals surface area (Å²) < 4.78 is 60.1. The molecule has 1 amide bonds. The molecule has 0 aromatic heterocycles. The zero-order valence-corrected chi connectivity index (χ0v) is 21.6. The zero-order chi connectivity index (χ0) is 27.6. The van der Waals surface area contributed by atoms with Gasteiger partial charge in [-0.05, 0) is 37.5 Å². The molecule has 8 nitrogen and oxygen atoms in total. The molecule has 0 spiro atoms. The van der Waals surface area contributed by atoms with Crippen LogP contribution < -0.4 is 5.32 Å². The summed E-state index contributed by atoms with van der Waals surface area (Å²) in [6, 6.07) is 15.2. The summed E-state index contributed by atoms with van der Waals surface area (Å²) in [7, 11) is -3.69. The van der Waals surface area contributed by atoms with E-state index >= 15 is 0 Å². The van der Waals surface area contributed by atoms with Crippen LogP contribution in [0.3, 0.4) is 0 Å². The highest BCUT2D eigenvalue weighted by Crippen LogP contribution is 2.22. The van der Waals surface area contributed by atoms with Crippen LogP contribution in [0, 0.1) is 13.8 Å². The second-order valence-corrected chi connectivity index (χ2v) is 10.5. The highest BCUT2D eigenvalue weighted by atomic mass is 32.2. The number of nitrogens with zero attached hydrogens (tertiary/aromatic N) is 2. The average molecular weight is 544 g/mol. The first-order valence-electron chi connectivity index (χ1n) is 11.7. The van der Waals surface area contributed by atoms with Crippen molar-refractivity contribution in [3.05, 3.63) is 65.2 Å². The van der Waals surface area contributed by atoms with E-state index in [-0.39, 0.29) is 18.9 Å². The molecule has 1 fully saturated rings. The van der Waals surface area contributed by atoms with Crippen LogP contribution in [-0.4, -0.2) is 80.1 Å². The van der Waals surface area contributed by atoms with Crippen molar-refractivity contribution in [1.29, 1.82) is 0 Å². The maximum atomic E-state index is 13.5. The van der Waals surface area contributed by atoms with Crippen LogP contribution in [0.15, 0.2) is 53.4 Å². The van der Waals surface area contributed by atoms with Crippen LogP contribution in [-0.2, 0) is 26.0 Å². The third-order valence-electron chi connectivity index (χ3n) is 5.73. The number of alkyl halides is 3. The summed E-state index contributed by atoms with van der Waals surface area (Å²) in [5, 5.41) is 10.4. The lowest BCUT2D eigenvalue weighted by Gasteiger charge is -2.29. The second-order valence-electron chi connectivity index (χ2n) is 8.59. The predicted molar refractivity (Wildman–Crippen MR) is 133 cm³/mol. The molecule has 1 heterocycles. The molecule has 0 unspecified atom stereocenters. The van der Waals surface area contributed by atoms with E-state index in [2.05, 4.69) is 5.32 Å². The maximum Gasteiger partial charge on any atom is 0.490 e. The van der Waals surface area contributed by atoms with Crippen LogP contribution in [0.2, 0.25) is 0 Å². The van der Waals surface area contributed by atoms with Crippen LogP contribution in [0.5, 0.6) is 0 Å². The molecule has 3 rings (SSSR count). The number of carboxylic acid groups (broad SMARTS) is 1. The van der Waals surface area contributed by atoms with Gasteiger partial charge in [-0.25, -0.2) is 13.2 Å². The highest BCUT2D eigenvalue weighted by molar-refractivity contribution is 7.89. The standard InChI is InChI=1S/C23H31N3O3S.C2HF3O2/c1-19-8-9-22(20(2)18-19)30(28,29)26(14-10-21-6-4-3-5-7-21)15-11-23(27)25-16-12-24-13-17-25;3-2(4,5)1(6)7/h3-9,18,24H,10-17H2,1-2H3;(H,6,7). The van der Waals surface area contributed by atoms with Gasteiger partial charge < -0.3 is 15.3 Å². The molecule has 2 N–H and O–H groups in total. The monoisotopic (exact) mass is 543 g/mol. The maximum absolute atomic E-state index is 13.5. The minimum Gasteiger partial charge on any atom is -0.475 e. The Morgan fingerprint density at radius 3 is 2.16 bits per heavy atom. The van der Waals surface area contributed by atoms with Gasteiger partial charge in [0.1, 0.15) is 0 Å². The van der Waals surface area contributed by atoms with Crippen molar-refractivity contribution in [2.45, 2.75) is 37.8 Å². The number of nitrogens with one attached hydrogen (secondary N) is 1. The zero-order valence-electron chi connectivity index (χ0n) is 20.8. The summed E-state index contributed by atoms with van der Waals surface area (Å²) in [5.41, 5.74) is 2.83. The molecule has 0 atom stereocenters. The van der Waals surface area contributed by atoms with Gasteiger partial charge in [-0.15, -0.1) is 0 Å². The minimum atomic E-state index is -5.08. The van der Waals surface area contributed by atoms with E-state index in [0.29, 0.717) is 31.0 Å². The van der Waals surface area contributed by atoms with E-state index in [0.717, 1.165) is 29.8 Å². The minimum absolute atomic E-state index is 0.0111. The van der Waals surface area contributed by atoms with Crippen LogP contribution in [0.4, 0.5) is 13.2 Å². The molecule has 1 saturated heterocycles. The Kier molecular flexibility index (Phi) is 11.1. The molecule has 0 aliphatic carbocycles. The van der Waals surface area contributed by atoms with Gasteiger partial charge in [-0.1, -0.05) is 48.0 Å². The summed E-state index contributed by atoms with van der Waals surface area (Å²) in [4.78, 5) is 23.7. The van der Waals surface area contributed by atoms with E-state index in [1.165, 1.54) is 4.31 Å². The molecule has 0 radical (unpaired) electrons. The van der Waals surface area contributed by atoms with Crippen molar-refractivity contribution >= 4 is 21.9 Å². The quantitative estimate of drug-likeness (QED) is 0.530. The Balaban J connectivity index is 0.000000604. The number of sulfonamides is 1. The molecule has 0 bridgehead atoms. The van der Waals surface area contributed by atoms with Crippen molar-refractivity contribution < 1.29 is 36.3 Å². The van der Waals surface area contributed by atoms with Gasteiger partial charge in [0.05, 0.1) is 4.90 Å². The normalized spacial score (nSPS) is 14.2. The van der Waals surface area contributed by atoms with E-state index < -0.39 is 22.2 Å². The van der Waals surface area contributed by atoms with Gasteiger partial charge in [0.2, 0.25) is 15.9 Å². The van der Waals surface area contributed by atoms with E-state index in [4.69, 9.17) is 9.90 Å². The van der Waals surface area contributed by atoms with Gasteiger partial charge in [-0.2, -0.15) is 17.5 Å². The molecule has 204 valence electrons. The van der Waals surface area contributed by atoms with E-state index in [1.54, 1.807) is 6.07 Å². The largest absolute Gasteiger partial charge is 0.490 e. The Morgan fingerprint density at radius 2 is 1.62 bits per heavy atom. The molecule has 2 aromatic rings. The van der Waals surface area contributed by atoms with Crippen molar-refractivity contribution in [3.8, 4) is 0 Å². The molecule has 0 saturated carbocycles. The second kappa shape index (κ2) is 13.5. The van der Waals surface area contributed by atoms with E-state index in [9.17, 15) is 26.4 Å². The van der Waals surface area contributed by atoms with Crippen molar-refractivity contribution in [3.63, 3.8) is 0 Å². The van der Waals surface area contributed by atoms with Crippen LogP contribution >= 0.6 is 0 Å². The Bertz CT molecular complexity index is 1150. The van der Waals surface area contributed by atoms with Crippen molar-refractivity contribution in [2.24, 2.45) is 0 Å². The summed E-state index contributed by atoms with van der Waals surface area (Å²) in [6.45, 7) is 7.21. The van der Waals surface area contributed by atoms with Gasteiger partial charge in [0, 0.05) is 45.7 Å². The van der Waals surface area contributed by atoms with Gasteiger partial charge in [0.25, 0.3) is 0 Å². The third kappa shape index (κ3) is 9.45. The fraction of sp³-hybridized carbons (Fsp3) is 0.440. The average Bonchev–Trinajstić information content (AvgIpc) is 2.84. The number of carbonyl (C=O) groups excluding carboxylic acids is 1. The Labute approximate surface area is 215 Å². The van der Waals surface area contributed by atoms with Gasteiger partial charge in [-0.3, -0.25) is 4.79 Å². The molecule has 12 heteroatoms. The summed E-state index contributed by atoms with van der Waals surface area (Å²) in [6.07, 6.45) is -4.29.